The van der Waals surface area contributed by atoms with Crippen molar-refractivity contribution in [1.29, 1.82) is 0 Å². The third kappa shape index (κ3) is 5.21. The SMILES string of the molecule is CC(=O)c1ccc2c(-c3ccc4c5c(ccnc35)CCO4)c(CC(=O)O)c(C)cc2n1.CC(C)(C)O. The van der Waals surface area contributed by atoms with Crippen LogP contribution >= 0.6 is 0 Å². The van der Waals surface area contributed by atoms with Gasteiger partial charge in [0.25, 0.3) is 0 Å². The number of fused-ring (bicyclic) bond motifs is 1. The molecule has 0 saturated carbocycles. The van der Waals surface area contributed by atoms with Crippen LogP contribution in [0.2, 0.25) is 0 Å². The quantitative estimate of drug-likeness (QED) is 0.377. The highest BCUT2D eigenvalue weighted by Gasteiger charge is 2.22. The largest absolute Gasteiger partial charge is 0.493 e. The summed E-state index contributed by atoms with van der Waals surface area (Å²) in [6, 6.07) is 11.3. The number of carbonyl (C=O) groups is 2. The molecular weight excluding hydrogens is 456 g/mol. The van der Waals surface area contributed by atoms with Gasteiger partial charge in [0.05, 0.1) is 29.7 Å². The number of ketones is 1. The van der Waals surface area contributed by atoms with Crippen LogP contribution in [0.25, 0.3) is 32.9 Å². The second-order valence-electron chi connectivity index (χ2n) is 10.0. The second-order valence-corrected chi connectivity index (χ2v) is 10.0. The molecule has 0 amide bonds. The molecule has 0 atom stereocenters. The van der Waals surface area contributed by atoms with Crippen LogP contribution in [0.5, 0.6) is 5.75 Å². The molecule has 3 heterocycles. The molecule has 0 radical (unpaired) electrons. The van der Waals surface area contributed by atoms with Crippen molar-refractivity contribution in [3.63, 3.8) is 0 Å². The first kappa shape index (κ1) is 25.3. The fourth-order valence-electron chi connectivity index (χ4n) is 4.43. The summed E-state index contributed by atoms with van der Waals surface area (Å²) in [5, 5.41) is 19.9. The average Bonchev–Trinajstić information content (AvgIpc) is 2.79. The van der Waals surface area contributed by atoms with Crippen LogP contribution in [0, 0.1) is 6.92 Å². The molecule has 2 aromatic heterocycles. The van der Waals surface area contributed by atoms with Crippen LogP contribution in [-0.2, 0) is 17.6 Å². The molecule has 1 aliphatic rings. The number of hydrogen-bond acceptors (Lipinski definition) is 6. The van der Waals surface area contributed by atoms with Crippen molar-refractivity contribution in [2.75, 3.05) is 6.61 Å². The molecule has 2 N–H and O–H groups in total. The van der Waals surface area contributed by atoms with E-state index in [9.17, 15) is 14.7 Å². The summed E-state index contributed by atoms with van der Waals surface area (Å²) in [7, 11) is 0. The molecule has 2 aromatic carbocycles. The van der Waals surface area contributed by atoms with Gasteiger partial charge in [0.15, 0.2) is 5.78 Å². The number of carbonyl (C=O) groups excluding carboxylic acids is 1. The van der Waals surface area contributed by atoms with Crippen molar-refractivity contribution in [3.8, 4) is 16.9 Å². The normalized spacial score (nSPS) is 12.6. The minimum absolute atomic E-state index is 0.115. The maximum atomic E-state index is 11.9. The van der Waals surface area contributed by atoms with Gasteiger partial charge >= 0.3 is 5.97 Å². The van der Waals surface area contributed by atoms with Crippen molar-refractivity contribution in [3.05, 3.63) is 65.0 Å². The summed E-state index contributed by atoms with van der Waals surface area (Å²) < 4.78 is 5.85. The minimum Gasteiger partial charge on any atom is -0.493 e. The van der Waals surface area contributed by atoms with Gasteiger partial charge < -0.3 is 14.9 Å². The summed E-state index contributed by atoms with van der Waals surface area (Å²) >= 11 is 0. The lowest BCUT2D eigenvalue weighted by molar-refractivity contribution is -0.136. The number of nitrogens with zero attached hydrogens (tertiary/aromatic N) is 2. The summed E-state index contributed by atoms with van der Waals surface area (Å²) in [4.78, 5) is 32.8. The molecule has 36 heavy (non-hydrogen) atoms. The zero-order valence-electron chi connectivity index (χ0n) is 21.2. The van der Waals surface area contributed by atoms with Crippen molar-refractivity contribution in [2.24, 2.45) is 0 Å². The summed E-state index contributed by atoms with van der Waals surface area (Å²) in [5.41, 5.74) is 5.66. The van der Waals surface area contributed by atoms with E-state index in [1.165, 1.54) is 12.5 Å². The molecule has 186 valence electrons. The first-order valence-electron chi connectivity index (χ1n) is 11.9. The van der Waals surface area contributed by atoms with Crippen molar-refractivity contribution in [1.82, 2.24) is 9.97 Å². The van der Waals surface area contributed by atoms with Crippen LogP contribution in [0.3, 0.4) is 0 Å². The topological polar surface area (TPSA) is 110 Å². The predicted molar refractivity (Wildman–Crippen MR) is 140 cm³/mol. The Labute approximate surface area is 209 Å². The van der Waals surface area contributed by atoms with E-state index in [1.54, 1.807) is 33.0 Å². The van der Waals surface area contributed by atoms with Gasteiger partial charge in [-0.1, -0.05) is 0 Å². The molecule has 0 bridgehead atoms. The summed E-state index contributed by atoms with van der Waals surface area (Å²) in [6.07, 6.45) is 2.47. The second kappa shape index (κ2) is 9.66. The van der Waals surface area contributed by atoms with E-state index in [4.69, 9.17) is 9.84 Å². The number of rotatable bonds is 4. The number of carboxylic acids is 1. The number of Topliss-reactive ketones (excluding diaryl/α,β-unsaturated/α-hetero) is 1. The molecule has 0 spiro atoms. The zero-order valence-corrected chi connectivity index (χ0v) is 21.2. The monoisotopic (exact) mass is 486 g/mol. The van der Waals surface area contributed by atoms with Crippen LogP contribution in [-0.4, -0.2) is 44.1 Å². The number of benzene rings is 2. The number of aliphatic carboxylic acids is 1. The van der Waals surface area contributed by atoms with Crippen molar-refractivity contribution < 1.29 is 24.5 Å². The fourth-order valence-corrected chi connectivity index (χ4v) is 4.43. The predicted octanol–water partition coefficient (Wildman–Crippen LogP) is 5.30. The van der Waals surface area contributed by atoms with Gasteiger partial charge in [-0.3, -0.25) is 14.6 Å². The molecule has 0 aliphatic carbocycles. The first-order chi connectivity index (χ1) is 16.9. The number of aromatic nitrogens is 2. The van der Waals surface area contributed by atoms with E-state index in [1.807, 2.05) is 37.3 Å². The number of hydrogen-bond donors (Lipinski definition) is 2. The lowest BCUT2D eigenvalue weighted by Crippen LogP contribution is -2.10. The van der Waals surface area contributed by atoms with Crippen LogP contribution in [0.15, 0.2) is 42.6 Å². The van der Waals surface area contributed by atoms with Crippen molar-refractivity contribution >= 4 is 33.6 Å². The number of carboxylic acid groups (broad SMARTS) is 1. The maximum absolute atomic E-state index is 11.9. The van der Waals surface area contributed by atoms with Gasteiger partial charge in [-0.05, 0) is 86.3 Å². The van der Waals surface area contributed by atoms with Gasteiger partial charge in [0.1, 0.15) is 11.4 Å². The highest BCUT2D eigenvalue weighted by Crippen LogP contribution is 2.42. The highest BCUT2D eigenvalue weighted by molar-refractivity contribution is 6.08. The smallest absolute Gasteiger partial charge is 0.307 e. The molecule has 0 saturated heterocycles. The third-order valence-corrected chi connectivity index (χ3v) is 5.85. The number of aryl methyl sites for hydroxylation is 1. The molecule has 7 nitrogen and oxygen atoms in total. The van der Waals surface area contributed by atoms with Gasteiger partial charge in [0.2, 0.25) is 0 Å². The zero-order chi connectivity index (χ0) is 26.2. The van der Waals surface area contributed by atoms with Crippen LogP contribution in [0.1, 0.15) is 54.9 Å². The number of ether oxygens (including phenoxy) is 1. The number of aliphatic hydroxyl groups is 1. The minimum atomic E-state index is -0.906. The Balaban J connectivity index is 0.000000556. The Morgan fingerprint density at radius 2 is 1.83 bits per heavy atom. The van der Waals surface area contributed by atoms with E-state index in [2.05, 4.69) is 9.97 Å². The Bertz CT molecular complexity index is 1490. The van der Waals surface area contributed by atoms with E-state index >= 15 is 0 Å². The molecule has 7 heteroatoms. The van der Waals surface area contributed by atoms with Crippen LogP contribution in [0.4, 0.5) is 0 Å². The number of pyridine rings is 2. The lowest BCUT2D eigenvalue weighted by atomic mass is 9.87. The summed E-state index contributed by atoms with van der Waals surface area (Å²) in [5.74, 6) is -0.228. The van der Waals surface area contributed by atoms with Crippen LogP contribution < -0.4 is 4.74 Å². The third-order valence-electron chi connectivity index (χ3n) is 5.85. The molecule has 5 rings (SSSR count). The lowest BCUT2D eigenvalue weighted by Gasteiger charge is -2.21. The standard InChI is InChI=1S/C25H20N2O4.C4H10O/c1-13-11-20-16(3-5-19(27-20)14(2)28)24(18(13)12-22(29)30)17-4-6-21-23-15(8-10-31-21)7-9-26-25(17)23;1-4(2,3)5/h3-7,9,11H,8,10,12H2,1-2H3,(H,29,30);5H,1-3H3. The Hall–Kier alpha value is -3.84. The Kier molecular flexibility index (Phi) is 6.78. The van der Waals surface area contributed by atoms with E-state index in [0.717, 1.165) is 50.7 Å². The van der Waals surface area contributed by atoms with Gasteiger partial charge in [-0.2, -0.15) is 0 Å². The molecule has 4 aromatic rings. The maximum Gasteiger partial charge on any atom is 0.307 e. The molecular formula is C29H30N2O5. The summed E-state index contributed by atoms with van der Waals surface area (Å²) in [6.45, 7) is 9.22. The highest BCUT2D eigenvalue weighted by atomic mass is 16.5. The van der Waals surface area contributed by atoms with Gasteiger partial charge in [-0.15, -0.1) is 0 Å². The van der Waals surface area contributed by atoms with E-state index < -0.39 is 11.6 Å². The average molecular weight is 487 g/mol. The Morgan fingerprint density at radius 3 is 2.50 bits per heavy atom. The van der Waals surface area contributed by atoms with E-state index in [0.29, 0.717) is 17.8 Å². The molecule has 1 aliphatic heterocycles. The molecule has 0 fully saturated rings. The Morgan fingerprint density at radius 1 is 1.11 bits per heavy atom. The van der Waals surface area contributed by atoms with Gasteiger partial charge in [-0.25, -0.2) is 4.98 Å². The van der Waals surface area contributed by atoms with E-state index in [-0.39, 0.29) is 12.2 Å². The first-order valence-corrected chi connectivity index (χ1v) is 11.9. The molecule has 0 unspecified atom stereocenters. The van der Waals surface area contributed by atoms with Gasteiger partial charge in [0, 0.05) is 35.9 Å². The van der Waals surface area contributed by atoms with Crippen molar-refractivity contribution in [2.45, 2.75) is 53.1 Å². The fraction of sp³-hybridized carbons (Fsp3) is 0.310.